The number of thioether (sulfide) groups is 1. The molecule has 0 N–H and O–H groups in total. The van der Waals surface area contributed by atoms with Crippen molar-refractivity contribution >= 4 is 33.3 Å². The largest absolute Gasteiger partial charge is 0.230 e. The Hall–Kier alpha value is -0.800. The third-order valence-corrected chi connectivity index (χ3v) is 3.94. The molecule has 14 heavy (non-hydrogen) atoms. The number of allylic oxidation sites excluding steroid dienone is 1. The van der Waals surface area contributed by atoms with E-state index in [4.69, 9.17) is 0 Å². The number of rotatable bonds is 3. The van der Waals surface area contributed by atoms with Gasteiger partial charge >= 0.3 is 0 Å². The molecule has 1 aromatic carbocycles. The first-order valence-electron chi connectivity index (χ1n) is 4.49. The first kappa shape index (κ1) is 9.74. The van der Waals surface area contributed by atoms with Gasteiger partial charge < -0.3 is 0 Å². The number of para-hydroxylation sites is 1. The van der Waals surface area contributed by atoms with Gasteiger partial charge in [0.25, 0.3) is 0 Å². The fraction of sp³-hybridized carbons (Fsp3) is 0.182. The van der Waals surface area contributed by atoms with Crippen molar-refractivity contribution in [3.8, 4) is 0 Å². The summed E-state index contributed by atoms with van der Waals surface area (Å²) in [6.45, 7) is 2.04. The highest BCUT2D eigenvalue weighted by atomic mass is 32.2. The highest BCUT2D eigenvalue weighted by molar-refractivity contribution is 8.01. The molecular weight excluding hydrogens is 210 g/mol. The summed E-state index contributed by atoms with van der Waals surface area (Å²) < 4.78 is 2.43. The van der Waals surface area contributed by atoms with Gasteiger partial charge in [-0.1, -0.05) is 36.0 Å². The van der Waals surface area contributed by atoms with Gasteiger partial charge in [-0.25, -0.2) is 4.98 Å². The van der Waals surface area contributed by atoms with Crippen molar-refractivity contribution in [2.45, 2.75) is 11.3 Å². The lowest BCUT2D eigenvalue weighted by atomic mass is 10.3. The lowest BCUT2D eigenvalue weighted by Gasteiger charge is -1.87. The fourth-order valence-electron chi connectivity index (χ4n) is 1.13. The molecule has 0 atom stereocenters. The highest BCUT2D eigenvalue weighted by Crippen LogP contribution is 2.29. The number of benzene rings is 1. The second kappa shape index (κ2) is 4.62. The second-order valence-corrected chi connectivity index (χ2v) is 5.13. The predicted molar refractivity (Wildman–Crippen MR) is 65.2 cm³/mol. The second-order valence-electron chi connectivity index (χ2n) is 2.83. The van der Waals surface area contributed by atoms with Crippen LogP contribution in [0.4, 0.5) is 0 Å². The minimum atomic E-state index is 1.01. The number of hydrogen-bond acceptors (Lipinski definition) is 3. The van der Waals surface area contributed by atoms with Crippen LogP contribution in [0.2, 0.25) is 0 Å². The Morgan fingerprint density at radius 3 is 3.07 bits per heavy atom. The van der Waals surface area contributed by atoms with Crippen LogP contribution in [-0.4, -0.2) is 10.7 Å². The average molecular weight is 221 g/mol. The summed E-state index contributed by atoms with van der Waals surface area (Å²) in [7, 11) is 0. The van der Waals surface area contributed by atoms with Gasteiger partial charge in [0.15, 0.2) is 4.34 Å². The van der Waals surface area contributed by atoms with Crippen LogP contribution in [0.15, 0.2) is 40.8 Å². The molecule has 0 aliphatic heterocycles. The van der Waals surface area contributed by atoms with E-state index < -0.39 is 0 Å². The van der Waals surface area contributed by atoms with Gasteiger partial charge in [0.2, 0.25) is 0 Å². The topological polar surface area (TPSA) is 12.9 Å². The van der Waals surface area contributed by atoms with Crippen molar-refractivity contribution in [3.63, 3.8) is 0 Å². The number of thiazole rings is 1. The van der Waals surface area contributed by atoms with Gasteiger partial charge in [-0.3, -0.25) is 0 Å². The van der Waals surface area contributed by atoms with Gasteiger partial charge in [-0.2, -0.15) is 0 Å². The molecule has 0 aliphatic carbocycles. The number of nitrogens with zero attached hydrogens (tertiary/aromatic N) is 1. The molecule has 0 amide bonds. The molecule has 2 aromatic rings. The van der Waals surface area contributed by atoms with E-state index in [2.05, 4.69) is 35.3 Å². The predicted octanol–water partition coefficient (Wildman–Crippen LogP) is 3.96. The molecule has 0 saturated heterocycles. The summed E-state index contributed by atoms with van der Waals surface area (Å²) in [5.41, 5.74) is 1.11. The Balaban J connectivity index is 2.18. The summed E-state index contributed by atoms with van der Waals surface area (Å²) in [6, 6.07) is 8.27. The number of fused-ring (bicyclic) bond motifs is 1. The lowest BCUT2D eigenvalue weighted by molar-refractivity contribution is 1.30. The molecule has 1 nitrogen and oxygen atoms in total. The Morgan fingerprint density at radius 1 is 1.43 bits per heavy atom. The van der Waals surface area contributed by atoms with Crippen molar-refractivity contribution < 1.29 is 0 Å². The molecule has 0 aliphatic rings. The summed E-state index contributed by atoms with van der Waals surface area (Å²) in [5, 5.41) is 0. The molecule has 2 rings (SSSR count). The zero-order chi connectivity index (χ0) is 9.80. The first-order chi connectivity index (χ1) is 6.90. The lowest BCUT2D eigenvalue weighted by Crippen LogP contribution is -1.70. The van der Waals surface area contributed by atoms with Gasteiger partial charge in [0, 0.05) is 5.75 Å². The van der Waals surface area contributed by atoms with E-state index in [0.29, 0.717) is 0 Å². The average Bonchev–Trinajstić information content (AvgIpc) is 2.60. The molecule has 0 saturated carbocycles. The van der Waals surface area contributed by atoms with E-state index in [9.17, 15) is 0 Å². The van der Waals surface area contributed by atoms with Crippen LogP contribution in [-0.2, 0) is 0 Å². The van der Waals surface area contributed by atoms with E-state index in [1.807, 2.05) is 13.0 Å². The van der Waals surface area contributed by atoms with Crippen molar-refractivity contribution in [1.82, 2.24) is 4.98 Å². The normalized spacial score (nSPS) is 11.5. The molecule has 0 unspecified atom stereocenters. The Kier molecular flexibility index (Phi) is 3.22. The van der Waals surface area contributed by atoms with Crippen molar-refractivity contribution in [3.05, 3.63) is 36.4 Å². The third kappa shape index (κ3) is 2.16. The van der Waals surface area contributed by atoms with Gasteiger partial charge in [0.05, 0.1) is 10.2 Å². The summed E-state index contributed by atoms with van der Waals surface area (Å²) in [4.78, 5) is 4.53. The van der Waals surface area contributed by atoms with Crippen LogP contribution >= 0.6 is 23.1 Å². The summed E-state index contributed by atoms with van der Waals surface area (Å²) >= 11 is 3.56. The van der Waals surface area contributed by atoms with E-state index >= 15 is 0 Å². The maximum absolute atomic E-state index is 4.53. The smallest absolute Gasteiger partial charge is 0.151 e. The van der Waals surface area contributed by atoms with Crippen LogP contribution in [0.5, 0.6) is 0 Å². The molecule has 0 bridgehead atoms. The SMILES string of the molecule is C/C=C/CSc1nc2ccccc2s1. The van der Waals surface area contributed by atoms with E-state index in [-0.39, 0.29) is 0 Å². The zero-order valence-electron chi connectivity index (χ0n) is 7.93. The standard InChI is InChI=1S/C11H11NS2/c1-2-3-8-13-11-12-9-6-4-5-7-10(9)14-11/h2-7H,8H2,1H3/b3-2+. The van der Waals surface area contributed by atoms with Crippen LogP contribution < -0.4 is 0 Å². The van der Waals surface area contributed by atoms with E-state index in [1.54, 1.807) is 23.1 Å². The zero-order valence-corrected chi connectivity index (χ0v) is 9.57. The molecule has 0 radical (unpaired) electrons. The molecule has 1 aromatic heterocycles. The molecule has 0 fully saturated rings. The molecular formula is C11H11NS2. The number of aromatic nitrogens is 1. The Labute approximate surface area is 91.9 Å². The Bertz CT molecular complexity index is 412. The summed E-state index contributed by atoms with van der Waals surface area (Å²) in [5.74, 6) is 1.01. The minimum Gasteiger partial charge on any atom is -0.230 e. The molecule has 0 spiro atoms. The molecule has 3 heteroatoms. The highest BCUT2D eigenvalue weighted by Gasteiger charge is 2.01. The van der Waals surface area contributed by atoms with Crippen LogP contribution in [0.25, 0.3) is 10.2 Å². The minimum absolute atomic E-state index is 1.01. The first-order valence-corrected chi connectivity index (χ1v) is 6.30. The Morgan fingerprint density at radius 2 is 2.29 bits per heavy atom. The third-order valence-electron chi connectivity index (χ3n) is 1.81. The van der Waals surface area contributed by atoms with Crippen LogP contribution in [0.1, 0.15) is 6.92 Å². The van der Waals surface area contributed by atoms with Gasteiger partial charge in [0.1, 0.15) is 0 Å². The fourth-order valence-corrected chi connectivity index (χ4v) is 3.13. The van der Waals surface area contributed by atoms with Crippen LogP contribution in [0.3, 0.4) is 0 Å². The van der Waals surface area contributed by atoms with Crippen LogP contribution in [0, 0.1) is 0 Å². The maximum Gasteiger partial charge on any atom is 0.151 e. The van der Waals surface area contributed by atoms with Gasteiger partial charge in [-0.05, 0) is 19.1 Å². The van der Waals surface area contributed by atoms with E-state index in [1.165, 1.54) is 4.70 Å². The molecule has 1 heterocycles. The monoisotopic (exact) mass is 221 g/mol. The van der Waals surface area contributed by atoms with Crippen molar-refractivity contribution in [1.29, 1.82) is 0 Å². The number of hydrogen-bond donors (Lipinski definition) is 0. The maximum atomic E-state index is 4.53. The van der Waals surface area contributed by atoms with Gasteiger partial charge in [-0.15, -0.1) is 11.3 Å². The quantitative estimate of drug-likeness (QED) is 0.574. The van der Waals surface area contributed by atoms with Crippen molar-refractivity contribution in [2.75, 3.05) is 5.75 Å². The molecule has 72 valence electrons. The summed E-state index contributed by atoms with van der Waals surface area (Å²) in [6.07, 6.45) is 4.22. The van der Waals surface area contributed by atoms with E-state index in [0.717, 1.165) is 15.6 Å². The van der Waals surface area contributed by atoms with Crippen molar-refractivity contribution in [2.24, 2.45) is 0 Å².